The number of halogens is 2. The Morgan fingerprint density at radius 2 is 1.86 bits per heavy atom. The number of Topliss-reactive ketones (excluding diaryl/α,β-unsaturated/α-hetero) is 1. The maximum Gasteiger partial charge on any atom is 0.248 e. The van der Waals surface area contributed by atoms with Crippen LogP contribution in [0.3, 0.4) is 0 Å². The molecule has 3 aromatic heterocycles. The molecule has 3 atom stereocenters. The summed E-state index contributed by atoms with van der Waals surface area (Å²) in [5.41, 5.74) is 3.31. The predicted molar refractivity (Wildman–Crippen MR) is 187 cm³/mol. The molecule has 1 saturated heterocycles. The summed E-state index contributed by atoms with van der Waals surface area (Å²) in [5.74, 6) is -0.847. The molecule has 0 unspecified atom stereocenters. The topological polar surface area (TPSA) is 152 Å². The lowest BCUT2D eigenvalue weighted by Crippen LogP contribution is -2.47. The van der Waals surface area contributed by atoms with Gasteiger partial charge in [-0.25, -0.2) is 19.3 Å². The lowest BCUT2D eigenvalue weighted by atomic mass is 9.98. The van der Waals surface area contributed by atoms with Crippen molar-refractivity contribution in [2.75, 3.05) is 11.9 Å². The van der Waals surface area contributed by atoms with Crippen LogP contribution in [0, 0.1) is 25.1 Å². The molecule has 14 heteroatoms. The normalized spacial score (nSPS) is 22.2. The highest BCUT2D eigenvalue weighted by Gasteiger charge is 2.67. The van der Waals surface area contributed by atoms with E-state index in [1.54, 1.807) is 28.9 Å². The summed E-state index contributed by atoms with van der Waals surface area (Å²) in [6.45, 7) is 5.02. The Balaban J connectivity index is 1.30. The van der Waals surface area contributed by atoms with Gasteiger partial charge in [-0.1, -0.05) is 12.2 Å². The summed E-state index contributed by atoms with van der Waals surface area (Å²) in [7, 11) is 0. The number of allylic oxidation sites excluding steroid dienone is 2. The number of aromatic nitrogens is 5. The molecule has 2 N–H and O–H groups in total. The van der Waals surface area contributed by atoms with Crippen molar-refractivity contribution in [3.8, 4) is 11.1 Å². The Kier molecular flexibility index (Phi) is 8.83. The molecule has 1 aromatic carbocycles. The number of hydrogen-bond acceptors (Lipinski definition) is 8. The van der Waals surface area contributed by atoms with E-state index < -0.39 is 23.2 Å². The van der Waals surface area contributed by atoms with Crippen LogP contribution in [-0.4, -0.2) is 71.8 Å². The molecule has 4 aromatic rings. The van der Waals surface area contributed by atoms with E-state index in [1.807, 2.05) is 31.2 Å². The van der Waals surface area contributed by atoms with Crippen molar-refractivity contribution in [3.05, 3.63) is 75.8 Å². The predicted octanol–water partition coefficient (Wildman–Crippen LogP) is 5.01. The van der Waals surface area contributed by atoms with Crippen molar-refractivity contribution in [2.24, 2.45) is 5.41 Å². The van der Waals surface area contributed by atoms with E-state index in [2.05, 4.69) is 46.6 Å². The van der Waals surface area contributed by atoms with E-state index in [1.165, 1.54) is 13.0 Å². The van der Waals surface area contributed by atoms with E-state index in [-0.39, 0.29) is 46.3 Å². The molecule has 2 fully saturated rings. The molecule has 50 heavy (non-hydrogen) atoms. The van der Waals surface area contributed by atoms with Gasteiger partial charge in [-0.05, 0) is 96.8 Å². The van der Waals surface area contributed by atoms with Crippen molar-refractivity contribution in [1.29, 1.82) is 0 Å². The van der Waals surface area contributed by atoms with Gasteiger partial charge in [0.2, 0.25) is 17.7 Å². The molecular formula is C36H36BrFN8O4. The zero-order chi connectivity index (χ0) is 35.3. The molecule has 5 heterocycles. The van der Waals surface area contributed by atoms with Crippen LogP contribution in [0.2, 0.25) is 0 Å². The summed E-state index contributed by atoms with van der Waals surface area (Å²) >= 11 is 3.08. The van der Waals surface area contributed by atoms with E-state index in [9.17, 15) is 23.6 Å². The molecule has 1 saturated carbocycles. The van der Waals surface area contributed by atoms with Gasteiger partial charge in [0.15, 0.2) is 11.6 Å². The fraction of sp³-hybridized carbons (Fsp3) is 0.389. The third-order valence-corrected chi connectivity index (χ3v) is 10.5. The molecule has 0 spiro atoms. The van der Waals surface area contributed by atoms with E-state index in [0.717, 1.165) is 16.7 Å². The summed E-state index contributed by atoms with van der Waals surface area (Å²) in [6.07, 6.45) is 10.7. The number of nitrogens with one attached hydrogen (secondary N) is 2. The van der Waals surface area contributed by atoms with Crippen LogP contribution >= 0.6 is 15.9 Å². The maximum atomic E-state index is 14.4. The Hall–Kier alpha value is -4.85. The average Bonchev–Trinajstić information content (AvgIpc) is 3.49. The second kappa shape index (κ2) is 13.1. The number of ketones is 1. The largest absolute Gasteiger partial charge is 0.355 e. The highest BCUT2D eigenvalue weighted by Crippen LogP contribution is 2.59. The number of rotatable bonds is 4. The van der Waals surface area contributed by atoms with Crippen molar-refractivity contribution >= 4 is 56.2 Å². The number of carbonyl (C=O) groups is 4. The number of aryl methyl sites for hydroxylation is 2. The van der Waals surface area contributed by atoms with Gasteiger partial charge in [-0.3, -0.25) is 23.9 Å². The SMILES string of the molecule is CC(=O)c1nn2c3c(cc(-c4cnc(C)nc4)cc13)CC=CCCCC(=O)NC[C@@]13C[C@@H](C(=O)Nc4nc(Br)c(F)cc4C)N(C(=O)C2)[C@@H]1C3. The molecule has 7 rings (SSSR count). The molecular weight excluding hydrogens is 707 g/mol. The molecule has 2 aliphatic heterocycles. The Morgan fingerprint density at radius 1 is 1.08 bits per heavy atom. The minimum Gasteiger partial charge on any atom is -0.355 e. The number of amides is 3. The van der Waals surface area contributed by atoms with Crippen molar-refractivity contribution in [1.82, 2.24) is 34.9 Å². The lowest BCUT2D eigenvalue weighted by Gasteiger charge is -2.27. The van der Waals surface area contributed by atoms with Gasteiger partial charge >= 0.3 is 0 Å². The number of anilines is 1. The van der Waals surface area contributed by atoms with Gasteiger partial charge in [0, 0.05) is 54.7 Å². The minimum absolute atomic E-state index is 0.0384. The van der Waals surface area contributed by atoms with Crippen LogP contribution in [0.25, 0.3) is 22.0 Å². The van der Waals surface area contributed by atoms with E-state index >= 15 is 0 Å². The first-order valence-corrected chi connectivity index (χ1v) is 17.4. The quantitative estimate of drug-likeness (QED) is 0.168. The standard InChI is InChI=1S/C36H36BrFN8O4/c1-19-10-26(38)33(37)42-34(19)43-35(50)27-13-36-14-28(36)46(27)30(49)17-45-32-22(8-6-4-5-7-9-29(48)41-18-36)11-23(24-15-39-21(3)40-16-24)12-25(32)31(44-45)20(2)47/h4,6,10-12,15-16,27-28H,5,7-9,13-14,17-18H2,1-3H3,(H,41,48)(H,42,43,50)/t27-,28+,36-/m0/s1. The average molecular weight is 744 g/mol. The highest BCUT2D eigenvalue weighted by molar-refractivity contribution is 9.10. The Labute approximate surface area is 296 Å². The Bertz CT molecular complexity index is 2100. The number of nitrogens with zero attached hydrogens (tertiary/aromatic N) is 6. The van der Waals surface area contributed by atoms with Crippen molar-refractivity contribution in [3.63, 3.8) is 0 Å². The van der Waals surface area contributed by atoms with Crippen LogP contribution in [0.1, 0.15) is 66.5 Å². The Morgan fingerprint density at radius 3 is 2.62 bits per heavy atom. The van der Waals surface area contributed by atoms with Gasteiger partial charge in [0.05, 0.1) is 5.52 Å². The first kappa shape index (κ1) is 33.6. The number of benzene rings is 1. The summed E-state index contributed by atoms with van der Waals surface area (Å²) in [5, 5.41) is 11.2. The molecule has 2 bridgehead atoms. The minimum atomic E-state index is -0.869. The molecule has 1 aliphatic carbocycles. The van der Waals surface area contributed by atoms with Crippen LogP contribution in [0.5, 0.6) is 0 Å². The monoisotopic (exact) mass is 742 g/mol. The third-order valence-electron chi connectivity index (χ3n) is 9.95. The first-order valence-electron chi connectivity index (χ1n) is 16.6. The van der Waals surface area contributed by atoms with Crippen molar-refractivity contribution < 1.29 is 23.6 Å². The molecule has 3 aliphatic rings. The molecule has 12 nitrogen and oxygen atoms in total. The van der Waals surface area contributed by atoms with Gasteiger partial charge in [-0.15, -0.1) is 0 Å². The molecule has 258 valence electrons. The number of pyridine rings is 1. The zero-order valence-electron chi connectivity index (χ0n) is 27.9. The fourth-order valence-electron chi connectivity index (χ4n) is 7.28. The maximum absolute atomic E-state index is 14.4. The number of piperidine rings is 1. The number of hydrogen-bond donors (Lipinski definition) is 2. The van der Waals surface area contributed by atoms with Gasteiger partial charge in [0.25, 0.3) is 0 Å². The van der Waals surface area contributed by atoms with Gasteiger partial charge in [-0.2, -0.15) is 5.10 Å². The van der Waals surface area contributed by atoms with Gasteiger partial charge < -0.3 is 15.5 Å². The lowest BCUT2D eigenvalue weighted by molar-refractivity contribution is -0.138. The van der Waals surface area contributed by atoms with Crippen LogP contribution in [0.4, 0.5) is 10.2 Å². The molecule has 3 amide bonds. The number of carbonyl (C=O) groups excluding carboxylic acids is 4. The second-order valence-electron chi connectivity index (χ2n) is 13.5. The second-order valence-corrected chi connectivity index (χ2v) is 14.2. The van der Waals surface area contributed by atoms with E-state index in [4.69, 9.17) is 0 Å². The van der Waals surface area contributed by atoms with Crippen LogP contribution in [-0.2, 0) is 27.3 Å². The van der Waals surface area contributed by atoms with E-state index in [0.29, 0.717) is 67.4 Å². The third kappa shape index (κ3) is 6.32. The van der Waals surface area contributed by atoms with Crippen LogP contribution in [0.15, 0.2) is 47.3 Å². The highest BCUT2D eigenvalue weighted by atomic mass is 79.9. The summed E-state index contributed by atoms with van der Waals surface area (Å²) < 4.78 is 15.6. The first-order chi connectivity index (χ1) is 23.9. The molecule has 0 radical (unpaired) electrons. The summed E-state index contributed by atoms with van der Waals surface area (Å²) in [6, 6.07) is 4.01. The van der Waals surface area contributed by atoms with Gasteiger partial charge in [0.1, 0.15) is 34.5 Å². The van der Waals surface area contributed by atoms with Crippen molar-refractivity contribution in [2.45, 2.75) is 77.9 Å². The zero-order valence-corrected chi connectivity index (χ0v) is 29.5. The van der Waals surface area contributed by atoms with Crippen LogP contribution < -0.4 is 10.6 Å². The smallest absolute Gasteiger partial charge is 0.248 e. The summed E-state index contributed by atoms with van der Waals surface area (Å²) in [4.78, 5) is 68.6. The fourth-order valence-corrected chi connectivity index (χ4v) is 7.57.